The van der Waals surface area contributed by atoms with Gasteiger partial charge in [-0.3, -0.25) is 4.79 Å². The van der Waals surface area contributed by atoms with E-state index in [4.69, 9.17) is 4.74 Å². The second-order valence-corrected chi connectivity index (χ2v) is 4.75. The molecule has 0 aromatic heterocycles. The summed E-state index contributed by atoms with van der Waals surface area (Å²) in [4.78, 5) is 11.7. The molecule has 17 heavy (non-hydrogen) atoms. The van der Waals surface area contributed by atoms with Crippen LogP contribution >= 0.6 is 0 Å². The molecule has 1 saturated heterocycles. The Morgan fingerprint density at radius 3 is 2.71 bits per heavy atom. The number of cyclic esters (lactones) is 1. The summed E-state index contributed by atoms with van der Waals surface area (Å²) < 4.78 is 5.22. The highest BCUT2D eigenvalue weighted by atomic mass is 16.5. The minimum atomic E-state index is -0.00467. The van der Waals surface area contributed by atoms with Crippen molar-refractivity contribution in [3.63, 3.8) is 0 Å². The van der Waals surface area contributed by atoms with E-state index >= 15 is 0 Å². The topological polar surface area (TPSA) is 26.3 Å². The van der Waals surface area contributed by atoms with Gasteiger partial charge in [-0.15, -0.1) is 0 Å². The zero-order valence-electron chi connectivity index (χ0n) is 10.4. The maximum atomic E-state index is 11.7. The van der Waals surface area contributed by atoms with Crippen molar-refractivity contribution in [1.29, 1.82) is 0 Å². The molecule has 2 heteroatoms. The summed E-state index contributed by atoms with van der Waals surface area (Å²) in [6, 6.07) is 10.3. The van der Waals surface area contributed by atoms with Crippen LogP contribution in [0.15, 0.2) is 30.3 Å². The molecule has 0 bridgehead atoms. The van der Waals surface area contributed by atoms with Crippen LogP contribution in [0.4, 0.5) is 0 Å². The van der Waals surface area contributed by atoms with Crippen molar-refractivity contribution in [2.75, 3.05) is 6.61 Å². The van der Waals surface area contributed by atoms with Crippen molar-refractivity contribution in [2.24, 2.45) is 5.92 Å². The largest absolute Gasteiger partial charge is 0.465 e. The number of hydrogen-bond acceptors (Lipinski definition) is 2. The molecular weight excluding hydrogens is 212 g/mol. The van der Waals surface area contributed by atoms with Crippen molar-refractivity contribution in [1.82, 2.24) is 0 Å². The highest BCUT2D eigenvalue weighted by Crippen LogP contribution is 2.35. The first kappa shape index (κ1) is 12.2. The van der Waals surface area contributed by atoms with E-state index in [1.165, 1.54) is 18.4 Å². The van der Waals surface area contributed by atoms with Gasteiger partial charge in [0.2, 0.25) is 0 Å². The van der Waals surface area contributed by atoms with Crippen LogP contribution in [-0.2, 0) is 9.53 Å². The molecule has 1 heterocycles. The van der Waals surface area contributed by atoms with Gasteiger partial charge in [0, 0.05) is 5.92 Å². The van der Waals surface area contributed by atoms with Crippen LogP contribution in [0.25, 0.3) is 0 Å². The van der Waals surface area contributed by atoms with Gasteiger partial charge in [-0.2, -0.15) is 0 Å². The molecule has 0 unspecified atom stereocenters. The maximum Gasteiger partial charge on any atom is 0.309 e. The van der Waals surface area contributed by atoms with Crippen LogP contribution < -0.4 is 0 Å². The fraction of sp³-hybridized carbons (Fsp3) is 0.533. The van der Waals surface area contributed by atoms with Crippen LogP contribution in [0.3, 0.4) is 0 Å². The van der Waals surface area contributed by atoms with Gasteiger partial charge in [-0.25, -0.2) is 0 Å². The van der Waals surface area contributed by atoms with Crippen LogP contribution in [0.5, 0.6) is 0 Å². The van der Waals surface area contributed by atoms with E-state index in [0.29, 0.717) is 6.61 Å². The Morgan fingerprint density at radius 1 is 1.24 bits per heavy atom. The molecule has 0 amide bonds. The van der Waals surface area contributed by atoms with Crippen LogP contribution in [0.2, 0.25) is 0 Å². The summed E-state index contributed by atoms with van der Waals surface area (Å²) in [5, 5.41) is 0. The number of ether oxygens (including phenoxy) is 1. The number of esters is 1. The van der Waals surface area contributed by atoms with Crippen LogP contribution in [0.1, 0.15) is 44.1 Å². The molecule has 92 valence electrons. The molecule has 2 atom stereocenters. The van der Waals surface area contributed by atoms with E-state index in [9.17, 15) is 4.79 Å². The van der Waals surface area contributed by atoms with Crippen LogP contribution in [0, 0.1) is 5.92 Å². The molecule has 1 aromatic carbocycles. The summed E-state index contributed by atoms with van der Waals surface area (Å²) in [7, 11) is 0. The third-order valence-electron chi connectivity index (χ3n) is 3.54. The average Bonchev–Trinajstić information content (AvgIpc) is 2.73. The summed E-state index contributed by atoms with van der Waals surface area (Å²) in [5.74, 6) is 0.333. The normalized spacial score (nSPS) is 23.7. The summed E-state index contributed by atoms with van der Waals surface area (Å²) in [6.07, 6.45) is 4.48. The van der Waals surface area contributed by atoms with E-state index < -0.39 is 0 Å². The third-order valence-corrected chi connectivity index (χ3v) is 3.54. The lowest BCUT2D eigenvalue weighted by Crippen LogP contribution is -2.14. The van der Waals surface area contributed by atoms with Crippen LogP contribution in [-0.4, -0.2) is 12.6 Å². The number of unbranched alkanes of at least 4 members (excludes halogenated alkanes) is 2. The molecule has 0 N–H and O–H groups in total. The average molecular weight is 232 g/mol. The van der Waals surface area contributed by atoms with Gasteiger partial charge in [0.15, 0.2) is 0 Å². The highest BCUT2D eigenvalue weighted by Gasteiger charge is 2.36. The first-order chi connectivity index (χ1) is 8.33. The molecule has 0 radical (unpaired) electrons. The number of carbonyl (C=O) groups is 1. The van der Waals surface area contributed by atoms with E-state index in [2.05, 4.69) is 19.1 Å². The molecule has 2 rings (SSSR count). The lowest BCUT2D eigenvalue weighted by Gasteiger charge is -2.15. The third kappa shape index (κ3) is 2.87. The number of carbonyl (C=O) groups excluding carboxylic acids is 1. The van der Waals surface area contributed by atoms with Crippen molar-refractivity contribution >= 4 is 5.97 Å². The van der Waals surface area contributed by atoms with Gasteiger partial charge in [-0.1, -0.05) is 56.5 Å². The summed E-state index contributed by atoms with van der Waals surface area (Å²) >= 11 is 0. The maximum absolute atomic E-state index is 11.7. The Labute approximate surface area is 103 Å². The molecule has 2 nitrogen and oxygen atoms in total. The molecule has 0 saturated carbocycles. The molecule has 1 fully saturated rings. The standard InChI is InChI=1S/C15H20O2/c1-2-3-5-10-13-14(11-17-15(13)16)12-8-6-4-7-9-12/h4,6-9,13-14H,2-3,5,10-11H2,1H3/t13-,14-/m1/s1. The molecule has 1 aromatic rings. The quantitative estimate of drug-likeness (QED) is 0.573. The SMILES string of the molecule is CCCCC[C@H]1C(=O)OC[C@@H]1c1ccccc1. The van der Waals surface area contributed by atoms with E-state index in [1.54, 1.807) is 0 Å². The van der Waals surface area contributed by atoms with E-state index in [0.717, 1.165) is 12.8 Å². The Kier molecular flexibility index (Phi) is 4.18. The zero-order chi connectivity index (χ0) is 12.1. The number of benzene rings is 1. The Bertz CT molecular complexity index is 358. The molecule has 0 spiro atoms. The highest BCUT2D eigenvalue weighted by molar-refractivity contribution is 5.76. The first-order valence-electron chi connectivity index (χ1n) is 6.54. The summed E-state index contributed by atoms with van der Waals surface area (Å²) in [5.41, 5.74) is 1.24. The molecule has 1 aliphatic rings. The van der Waals surface area contributed by atoms with E-state index in [-0.39, 0.29) is 17.8 Å². The van der Waals surface area contributed by atoms with E-state index in [1.807, 2.05) is 18.2 Å². The zero-order valence-corrected chi connectivity index (χ0v) is 10.4. The monoisotopic (exact) mass is 232 g/mol. The van der Waals surface area contributed by atoms with Gasteiger partial charge >= 0.3 is 5.97 Å². The first-order valence-corrected chi connectivity index (χ1v) is 6.54. The fourth-order valence-electron chi connectivity index (χ4n) is 2.52. The minimum absolute atomic E-state index is 0.00467. The Hall–Kier alpha value is -1.31. The van der Waals surface area contributed by atoms with Gasteiger partial charge < -0.3 is 4.74 Å². The number of rotatable bonds is 5. The minimum Gasteiger partial charge on any atom is -0.465 e. The predicted octanol–water partition coefficient (Wildman–Crippen LogP) is 3.52. The molecular formula is C15H20O2. The molecule has 1 aliphatic heterocycles. The van der Waals surface area contributed by atoms with Crippen molar-refractivity contribution in [3.8, 4) is 0 Å². The lowest BCUT2D eigenvalue weighted by atomic mass is 9.85. The van der Waals surface area contributed by atoms with Gasteiger partial charge in [0.1, 0.15) is 0 Å². The van der Waals surface area contributed by atoms with Gasteiger partial charge in [0.25, 0.3) is 0 Å². The van der Waals surface area contributed by atoms with Crippen molar-refractivity contribution in [3.05, 3.63) is 35.9 Å². The lowest BCUT2D eigenvalue weighted by molar-refractivity contribution is -0.141. The smallest absolute Gasteiger partial charge is 0.309 e. The second kappa shape index (κ2) is 5.85. The number of hydrogen-bond donors (Lipinski definition) is 0. The van der Waals surface area contributed by atoms with Crippen molar-refractivity contribution < 1.29 is 9.53 Å². The van der Waals surface area contributed by atoms with Gasteiger partial charge in [0.05, 0.1) is 12.5 Å². The summed E-state index contributed by atoms with van der Waals surface area (Å²) in [6.45, 7) is 2.74. The Morgan fingerprint density at radius 2 is 2.00 bits per heavy atom. The van der Waals surface area contributed by atoms with Crippen molar-refractivity contribution in [2.45, 2.75) is 38.5 Å². The predicted molar refractivity (Wildman–Crippen MR) is 67.8 cm³/mol. The van der Waals surface area contributed by atoms with Gasteiger partial charge in [-0.05, 0) is 12.0 Å². The Balaban J connectivity index is 2.03. The second-order valence-electron chi connectivity index (χ2n) is 4.75. The molecule has 0 aliphatic carbocycles. The fourth-order valence-corrected chi connectivity index (χ4v) is 2.52.